The number of hydrogen-bond acceptors (Lipinski definition) is 6. The van der Waals surface area contributed by atoms with Crippen LogP contribution in [0.3, 0.4) is 0 Å². The van der Waals surface area contributed by atoms with Crippen molar-refractivity contribution in [2.24, 2.45) is 0 Å². The lowest BCUT2D eigenvalue weighted by atomic mass is 10.0. The third kappa shape index (κ3) is 5.59. The van der Waals surface area contributed by atoms with Crippen molar-refractivity contribution in [3.8, 4) is 0 Å². The van der Waals surface area contributed by atoms with E-state index in [1.54, 1.807) is 14.2 Å². The van der Waals surface area contributed by atoms with Gasteiger partial charge in [0.05, 0.1) is 6.04 Å². The first-order valence-electron chi connectivity index (χ1n) is 9.33. The number of nitrogens with zero attached hydrogens (tertiary/aromatic N) is 1. The molecule has 1 saturated heterocycles. The van der Waals surface area contributed by atoms with Crippen LogP contribution in [0.2, 0.25) is 0 Å². The predicted octanol–water partition coefficient (Wildman–Crippen LogP) is 3.65. The van der Waals surface area contributed by atoms with Crippen molar-refractivity contribution in [3.63, 3.8) is 0 Å². The lowest BCUT2D eigenvalue weighted by molar-refractivity contribution is -0.130. The van der Waals surface area contributed by atoms with E-state index in [1.165, 1.54) is 16.7 Å². The lowest BCUT2D eigenvalue weighted by Gasteiger charge is -2.30. The first kappa shape index (κ1) is 22.5. The predicted molar refractivity (Wildman–Crippen MR) is 110 cm³/mol. The lowest BCUT2D eigenvalue weighted by Crippen LogP contribution is -2.49. The van der Waals surface area contributed by atoms with Crippen molar-refractivity contribution in [3.05, 3.63) is 48.0 Å². The Morgan fingerprint density at radius 3 is 2.64 bits per heavy atom. The van der Waals surface area contributed by atoms with Gasteiger partial charge in [0.1, 0.15) is 11.4 Å². The minimum absolute atomic E-state index is 0.214. The summed E-state index contributed by atoms with van der Waals surface area (Å²) in [6.07, 6.45) is 3.98. The normalized spacial score (nSPS) is 19.2. The highest BCUT2D eigenvalue weighted by atomic mass is 32.2. The smallest absolute Gasteiger partial charge is 0.417 e. The molecule has 0 bridgehead atoms. The molecule has 1 aliphatic rings. The minimum Gasteiger partial charge on any atom is -0.447 e. The number of allylic oxidation sites excluding steroid dienone is 1. The number of cyclic esters (lactones) is 1. The van der Waals surface area contributed by atoms with Crippen LogP contribution in [-0.2, 0) is 25.4 Å². The Kier molecular flexibility index (Phi) is 8.54. The van der Waals surface area contributed by atoms with Gasteiger partial charge in [0.25, 0.3) is 5.91 Å². The molecule has 1 aliphatic heterocycles. The van der Waals surface area contributed by atoms with Gasteiger partial charge in [-0.2, -0.15) is 0 Å². The number of benzene rings is 1. The molecule has 1 fully saturated rings. The highest BCUT2D eigenvalue weighted by Gasteiger charge is 2.45. The zero-order valence-electron chi connectivity index (χ0n) is 16.9. The zero-order chi connectivity index (χ0) is 20.6. The molecule has 0 N–H and O–H groups in total. The minimum atomic E-state index is -0.876. The van der Waals surface area contributed by atoms with Crippen molar-refractivity contribution < 1.29 is 23.8 Å². The van der Waals surface area contributed by atoms with Crippen LogP contribution < -0.4 is 0 Å². The maximum absolute atomic E-state index is 13.4. The molecule has 0 spiro atoms. The number of methoxy groups -OCH3 is 2. The molecule has 0 unspecified atom stereocenters. The molecular formula is C21H29NO5S. The second-order valence-electron chi connectivity index (χ2n) is 6.74. The van der Waals surface area contributed by atoms with Gasteiger partial charge in [0, 0.05) is 20.6 Å². The van der Waals surface area contributed by atoms with Gasteiger partial charge in [-0.3, -0.25) is 4.79 Å². The van der Waals surface area contributed by atoms with E-state index in [9.17, 15) is 9.59 Å². The second kappa shape index (κ2) is 10.6. The second-order valence-corrected chi connectivity index (χ2v) is 8.29. The van der Waals surface area contributed by atoms with Crippen LogP contribution in [0, 0.1) is 0 Å². The van der Waals surface area contributed by atoms with Crippen LogP contribution >= 0.6 is 11.8 Å². The van der Waals surface area contributed by atoms with Crippen molar-refractivity contribution in [2.45, 2.75) is 43.8 Å². The summed E-state index contributed by atoms with van der Waals surface area (Å²) in [7, 11) is 3.17. The number of imide groups is 1. The summed E-state index contributed by atoms with van der Waals surface area (Å²) in [5.74, 6) is 0.385. The number of hydrogen-bond donors (Lipinski definition) is 0. The molecular weight excluding hydrogens is 378 g/mol. The molecule has 1 aromatic rings. The van der Waals surface area contributed by atoms with Gasteiger partial charge < -0.3 is 14.2 Å². The van der Waals surface area contributed by atoms with E-state index in [0.717, 1.165) is 5.56 Å². The monoisotopic (exact) mass is 407 g/mol. The third-order valence-electron chi connectivity index (χ3n) is 4.68. The summed E-state index contributed by atoms with van der Waals surface area (Å²) >= 11 is 1.47. The van der Waals surface area contributed by atoms with Crippen molar-refractivity contribution in [1.82, 2.24) is 4.90 Å². The average Bonchev–Trinajstić information content (AvgIpc) is 3.05. The summed E-state index contributed by atoms with van der Waals surface area (Å²) in [6.45, 7) is 3.91. The standard InChI is InChI=1S/C21H29NO5S/c1-5-12-21(2,28-13-11-18(25-3)26-4)19(23)22-17(15-27-20(22)24)14-16-9-7-6-8-10-16/h5-10,12,17-18H,11,13-15H2,1-4H3/b12-5+/t17-,21+/m1/s1. The van der Waals surface area contributed by atoms with E-state index >= 15 is 0 Å². The Hall–Kier alpha value is -1.83. The number of carbonyl (C=O) groups excluding carboxylic acids is 2. The van der Waals surface area contributed by atoms with E-state index in [1.807, 2.05) is 56.3 Å². The summed E-state index contributed by atoms with van der Waals surface area (Å²) < 4.78 is 14.8. The number of rotatable bonds is 10. The van der Waals surface area contributed by atoms with Crippen molar-refractivity contribution in [1.29, 1.82) is 0 Å². The topological polar surface area (TPSA) is 65.1 Å². The Morgan fingerprint density at radius 1 is 1.36 bits per heavy atom. The summed E-state index contributed by atoms with van der Waals surface area (Å²) in [5.41, 5.74) is 1.06. The van der Waals surface area contributed by atoms with E-state index in [4.69, 9.17) is 14.2 Å². The first-order chi connectivity index (χ1) is 13.4. The van der Waals surface area contributed by atoms with Gasteiger partial charge in [-0.05, 0) is 31.6 Å². The van der Waals surface area contributed by atoms with Crippen LogP contribution in [0.5, 0.6) is 0 Å². The van der Waals surface area contributed by atoms with Gasteiger partial charge in [-0.1, -0.05) is 42.5 Å². The molecule has 154 valence electrons. The van der Waals surface area contributed by atoms with Gasteiger partial charge in [0.15, 0.2) is 6.29 Å². The van der Waals surface area contributed by atoms with E-state index < -0.39 is 10.8 Å². The molecule has 1 heterocycles. The maximum atomic E-state index is 13.4. The molecule has 0 saturated carbocycles. The van der Waals surface area contributed by atoms with Crippen molar-refractivity contribution >= 4 is 23.8 Å². The highest BCUT2D eigenvalue weighted by Crippen LogP contribution is 2.33. The molecule has 2 amide bonds. The largest absolute Gasteiger partial charge is 0.447 e. The Labute approximate surface area is 171 Å². The summed E-state index contributed by atoms with van der Waals surface area (Å²) in [5, 5.41) is 0. The quantitative estimate of drug-likeness (QED) is 0.436. The Balaban J connectivity index is 2.13. The Bertz CT molecular complexity index is 677. The number of carbonyl (C=O) groups is 2. The molecule has 0 aliphatic carbocycles. The van der Waals surface area contributed by atoms with Crippen LogP contribution in [0.1, 0.15) is 25.8 Å². The van der Waals surface area contributed by atoms with Crippen LogP contribution in [0.15, 0.2) is 42.5 Å². The molecule has 28 heavy (non-hydrogen) atoms. The summed E-state index contributed by atoms with van der Waals surface area (Å²) in [4.78, 5) is 27.0. The molecule has 0 aromatic heterocycles. The molecule has 7 heteroatoms. The van der Waals surface area contributed by atoms with E-state index in [-0.39, 0.29) is 24.8 Å². The van der Waals surface area contributed by atoms with Gasteiger partial charge >= 0.3 is 6.09 Å². The maximum Gasteiger partial charge on any atom is 0.417 e. The van der Waals surface area contributed by atoms with Crippen LogP contribution in [-0.4, -0.2) is 60.6 Å². The average molecular weight is 408 g/mol. The third-order valence-corrected chi connectivity index (χ3v) is 6.03. The zero-order valence-corrected chi connectivity index (χ0v) is 17.7. The highest BCUT2D eigenvalue weighted by molar-refractivity contribution is 8.01. The molecule has 6 nitrogen and oxygen atoms in total. The fourth-order valence-electron chi connectivity index (χ4n) is 3.18. The number of amides is 2. The first-order valence-corrected chi connectivity index (χ1v) is 10.3. The van der Waals surface area contributed by atoms with Gasteiger partial charge in [0.2, 0.25) is 0 Å². The fourth-order valence-corrected chi connectivity index (χ4v) is 4.37. The van der Waals surface area contributed by atoms with Crippen LogP contribution in [0.25, 0.3) is 0 Å². The van der Waals surface area contributed by atoms with E-state index in [2.05, 4.69) is 0 Å². The van der Waals surface area contributed by atoms with Gasteiger partial charge in [-0.25, -0.2) is 9.69 Å². The van der Waals surface area contributed by atoms with Gasteiger partial charge in [-0.15, -0.1) is 11.8 Å². The molecule has 2 atom stereocenters. The molecule has 1 aromatic carbocycles. The number of ether oxygens (including phenoxy) is 3. The Morgan fingerprint density at radius 2 is 2.04 bits per heavy atom. The van der Waals surface area contributed by atoms with E-state index in [0.29, 0.717) is 18.6 Å². The number of thioether (sulfide) groups is 1. The SMILES string of the molecule is C/C=C/[C@](C)(SCCC(OC)OC)C(=O)N1C(=O)OC[C@H]1Cc1ccccc1. The fraction of sp³-hybridized carbons (Fsp3) is 0.524. The van der Waals surface area contributed by atoms with Crippen molar-refractivity contribution in [2.75, 3.05) is 26.6 Å². The van der Waals surface area contributed by atoms with Crippen LogP contribution in [0.4, 0.5) is 4.79 Å². The summed E-state index contributed by atoms with van der Waals surface area (Å²) in [6, 6.07) is 9.50. The molecule has 0 radical (unpaired) electrons. The molecule has 2 rings (SSSR count).